The van der Waals surface area contributed by atoms with Crippen molar-refractivity contribution in [3.8, 4) is 23.0 Å². The maximum atomic E-state index is 12.1. The SMILES string of the molecule is O=C(OC1OCc2cc3ccccc3nc21)c1ccccc1.OCc1ccc2c(c1)OCO2.c1ccc2nc3c(cc2c1)COC3OCc1ccc2c(c1)OCO2. The lowest BCUT2D eigenvalue weighted by Crippen LogP contribution is -2.11. The minimum absolute atomic E-state index is 0.0383. The Morgan fingerprint density at radius 2 is 1.12 bits per heavy atom. The van der Waals surface area contributed by atoms with E-state index in [2.05, 4.69) is 17.1 Å². The molecule has 12 nitrogen and oxygen atoms in total. The molecule has 2 aromatic heterocycles. The number of aromatic nitrogens is 2. The molecule has 2 unspecified atom stereocenters. The first-order valence-electron chi connectivity index (χ1n) is 18.3. The molecule has 5 aromatic carbocycles. The van der Waals surface area contributed by atoms with E-state index in [0.717, 1.165) is 72.8 Å². The van der Waals surface area contributed by atoms with Gasteiger partial charge in [0, 0.05) is 21.9 Å². The van der Waals surface area contributed by atoms with Gasteiger partial charge in [-0.1, -0.05) is 66.7 Å². The predicted molar refractivity (Wildman–Crippen MR) is 206 cm³/mol. The van der Waals surface area contributed by atoms with E-state index in [1.165, 1.54) is 0 Å². The number of nitrogens with zero attached hydrogens (tertiary/aromatic N) is 2. The molecule has 1 N–H and O–H groups in total. The number of hydrogen-bond acceptors (Lipinski definition) is 12. The second kappa shape index (κ2) is 16.3. The zero-order valence-corrected chi connectivity index (χ0v) is 30.5. The van der Waals surface area contributed by atoms with Crippen molar-refractivity contribution in [3.63, 3.8) is 0 Å². The summed E-state index contributed by atoms with van der Waals surface area (Å²) in [5, 5.41) is 10.9. The van der Waals surface area contributed by atoms with E-state index in [1.54, 1.807) is 36.4 Å². The van der Waals surface area contributed by atoms with E-state index in [9.17, 15) is 4.79 Å². The molecule has 11 rings (SSSR count). The molecule has 0 saturated heterocycles. The van der Waals surface area contributed by atoms with E-state index in [-0.39, 0.29) is 20.2 Å². The summed E-state index contributed by atoms with van der Waals surface area (Å²) < 4.78 is 43.7. The average molecular weight is 765 g/mol. The van der Waals surface area contributed by atoms with Gasteiger partial charge in [-0.25, -0.2) is 14.8 Å². The Morgan fingerprint density at radius 3 is 1.75 bits per heavy atom. The van der Waals surface area contributed by atoms with E-state index in [1.807, 2.05) is 78.9 Å². The maximum absolute atomic E-state index is 12.1. The molecule has 0 amide bonds. The van der Waals surface area contributed by atoms with Gasteiger partial charge in [0.05, 0.1) is 43.0 Å². The molecule has 0 radical (unpaired) electrons. The number of fused-ring (bicyclic) bond motifs is 6. The van der Waals surface area contributed by atoms with Crippen molar-refractivity contribution in [1.82, 2.24) is 9.97 Å². The summed E-state index contributed by atoms with van der Waals surface area (Å²) in [6, 6.07) is 40.1. The monoisotopic (exact) mass is 764 g/mol. The summed E-state index contributed by atoms with van der Waals surface area (Å²) in [6.45, 7) is 1.95. The minimum Gasteiger partial charge on any atom is -0.454 e. The summed E-state index contributed by atoms with van der Waals surface area (Å²) in [5.74, 6) is 2.59. The minimum atomic E-state index is -0.743. The Bertz CT molecular complexity index is 2570. The summed E-state index contributed by atoms with van der Waals surface area (Å²) in [4.78, 5) is 21.4. The summed E-state index contributed by atoms with van der Waals surface area (Å²) in [7, 11) is 0. The Morgan fingerprint density at radius 1 is 0.596 bits per heavy atom. The third kappa shape index (κ3) is 7.93. The highest BCUT2D eigenvalue weighted by molar-refractivity contribution is 5.89. The quantitative estimate of drug-likeness (QED) is 0.163. The Kier molecular flexibility index (Phi) is 10.3. The van der Waals surface area contributed by atoms with Crippen molar-refractivity contribution in [2.45, 2.75) is 39.0 Å². The predicted octanol–water partition coefficient (Wildman–Crippen LogP) is 8.24. The fourth-order valence-corrected chi connectivity index (χ4v) is 6.68. The van der Waals surface area contributed by atoms with Crippen LogP contribution >= 0.6 is 0 Å². The Hall–Kier alpha value is -6.57. The topological polar surface area (TPSA) is 137 Å². The molecule has 12 heteroatoms. The number of ether oxygens (including phenoxy) is 8. The number of para-hydroxylation sites is 2. The van der Waals surface area contributed by atoms with Crippen molar-refractivity contribution in [2.75, 3.05) is 13.6 Å². The number of aliphatic hydroxyl groups is 1. The second-order valence-electron chi connectivity index (χ2n) is 13.4. The van der Waals surface area contributed by atoms with Gasteiger partial charge in [-0.2, -0.15) is 0 Å². The smallest absolute Gasteiger partial charge is 0.340 e. The maximum Gasteiger partial charge on any atom is 0.340 e. The van der Waals surface area contributed by atoms with Crippen LogP contribution in [0.3, 0.4) is 0 Å². The summed E-state index contributed by atoms with van der Waals surface area (Å²) >= 11 is 0. The first kappa shape index (κ1) is 36.1. The van der Waals surface area contributed by atoms with Crippen LogP contribution in [0.25, 0.3) is 21.8 Å². The van der Waals surface area contributed by atoms with Crippen molar-refractivity contribution in [2.24, 2.45) is 0 Å². The van der Waals surface area contributed by atoms with Crippen LogP contribution < -0.4 is 18.9 Å². The number of carbonyl (C=O) groups is 1. The molecular formula is C45H36N2O10. The van der Waals surface area contributed by atoms with Gasteiger partial charge in [0.25, 0.3) is 0 Å². The molecule has 0 bridgehead atoms. The molecule has 0 fully saturated rings. The Labute approximate surface area is 327 Å². The van der Waals surface area contributed by atoms with Gasteiger partial charge in [0.15, 0.2) is 23.0 Å². The van der Waals surface area contributed by atoms with E-state index in [0.29, 0.717) is 31.1 Å². The third-order valence-corrected chi connectivity index (χ3v) is 9.58. The van der Waals surface area contributed by atoms with Gasteiger partial charge in [-0.15, -0.1) is 0 Å². The normalized spacial score (nSPS) is 16.6. The van der Waals surface area contributed by atoms with Crippen LogP contribution in [0.4, 0.5) is 0 Å². The van der Waals surface area contributed by atoms with Gasteiger partial charge in [0.2, 0.25) is 26.2 Å². The summed E-state index contributed by atoms with van der Waals surface area (Å²) in [5.41, 5.74) is 7.78. The van der Waals surface area contributed by atoms with Crippen LogP contribution in [0.5, 0.6) is 23.0 Å². The number of hydrogen-bond donors (Lipinski definition) is 1. The molecule has 0 saturated carbocycles. The highest BCUT2D eigenvalue weighted by atomic mass is 16.7. The van der Waals surface area contributed by atoms with Crippen molar-refractivity contribution < 1.29 is 47.8 Å². The van der Waals surface area contributed by atoms with E-state index >= 15 is 0 Å². The largest absolute Gasteiger partial charge is 0.454 e. The highest BCUT2D eigenvalue weighted by Gasteiger charge is 2.30. The Balaban J connectivity index is 0.000000119. The molecule has 0 spiro atoms. The number of rotatable bonds is 6. The molecule has 286 valence electrons. The lowest BCUT2D eigenvalue weighted by molar-refractivity contribution is -0.147. The standard InChI is InChI=1S/C19H15NO4.C18H13NO3.C8H8O3/c1-2-4-15-13(3-1)8-14-10-22-19(18(14)20-15)21-9-12-5-6-16-17(7-12)24-11-23-16;20-17(12-6-2-1-3-7-12)22-18-16-14(11-21-18)10-13-8-4-5-9-15(13)19-16;9-4-6-1-2-7-8(3-6)11-5-10-7/h1-8,19H,9-11H2;1-10,18H,11H2;1-3,9H,4-5H2. The number of carbonyl (C=O) groups excluding carboxylic acids is 1. The fraction of sp³-hybridized carbons (Fsp3) is 0.178. The van der Waals surface area contributed by atoms with E-state index in [4.69, 9.17) is 48.0 Å². The molecule has 6 heterocycles. The fourth-order valence-electron chi connectivity index (χ4n) is 6.68. The molecule has 7 aromatic rings. The first-order valence-corrected chi connectivity index (χ1v) is 18.3. The zero-order valence-electron chi connectivity index (χ0n) is 30.5. The molecular weight excluding hydrogens is 728 g/mol. The van der Waals surface area contributed by atoms with Crippen LogP contribution in [0.15, 0.2) is 127 Å². The first-order chi connectivity index (χ1) is 28.1. The third-order valence-electron chi connectivity index (χ3n) is 9.58. The average Bonchev–Trinajstić information content (AvgIpc) is 4.09. The zero-order chi connectivity index (χ0) is 38.6. The van der Waals surface area contributed by atoms with Crippen LogP contribution in [-0.2, 0) is 45.4 Å². The van der Waals surface area contributed by atoms with Crippen LogP contribution in [0.1, 0.15) is 56.6 Å². The van der Waals surface area contributed by atoms with Crippen LogP contribution in [0, 0.1) is 0 Å². The molecule has 4 aliphatic rings. The molecule has 57 heavy (non-hydrogen) atoms. The van der Waals surface area contributed by atoms with Gasteiger partial charge < -0.3 is 43.0 Å². The lowest BCUT2D eigenvalue weighted by Gasteiger charge is -2.12. The highest BCUT2D eigenvalue weighted by Crippen LogP contribution is 2.36. The lowest BCUT2D eigenvalue weighted by atomic mass is 10.1. The number of pyridine rings is 2. The van der Waals surface area contributed by atoms with Crippen LogP contribution in [-0.4, -0.2) is 34.6 Å². The van der Waals surface area contributed by atoms with Gasteiger partial charge in [-0.05, 0) is 71.8 Å². The second-order valence-corrected chi connectivity index (χ2v) is 13.4. The summed E-state index contributed by atoms with van der Waals surface area (Å²) in [6.07, 6.45) is -1.18. The van der Waals surface area contributed by atoms with Crippen molar-refractivity contribution in [3.05, 3.63) is 167 Å². The molecule has 2 atom stereocenters. The van der Waals surface area contributed by atoms with E-state index < -0.39 is 18.5 Å². The number of aliphatic hydroxyl groups excluding tert-OH is 1. The number of benzene rings is 5. The van der Waals surface area contributed by atoms with Crippen molar-refractivity contribution in [1.29, 1.82) is 0 Å². The molecule has 4 aliphatic heterocycles. The van der Waals surface area contributed by atoms with Crippen molar-refractivity contribution >= 4 is 27.8 Å². The van der Waals surface area contributed by atoms with Gasteiger partial charge in [0.1, 0.15) is 11.4 Å². The number of esters is 1. The molecule has 0 aliphatic carbocycles. The van der Waals surface area contributed by atoms with Gasteiger partial charge in [-0.3, -0.25) is 0 Å². The van der Waals surface area contributed by atoms with Gasteiger partial charge >= 0.3 is 5.97 Å². The van der Waals surface area contributed by atoms with Crippen LogP contribution in [0.2, 0.25) is 0 Å².